The van der Waals surface area contributed by atoms with Crippen molar-refractivity contribution in [2.24, 2.45) is 5.11 Å². The Morgan fingerprint density at radius 3 is 2.73 bits per heavy atom. The van der Waals surface area contributed by atoms with Gasteiger partial charge >= 0.3 is 0 Å². The Kier molecular flexibility index (Phi) is 4.15. The van der Waals surface area contributed by atoms with E-state index in [1.807, 2.05) is 0 Å². The number of benzene rings is 1. The Balaban J connectivity index is 2.64. The lowest BCUT2D eigenvalue weighted by Crippen LogP contribution is -2.16. The summed E-state index contributed by atoms with van der Waals surface area (Å²) in [6.45, 7) is 0.0120. The third kappa shape index (κ3) is 3.68. The molecule has 6 heteroatoms. The fraction of sp³-hybridized carbons (Fsp3) is 0.222. The van der Waals surface area contributed by atoms with Gasteiger partial charge in [0.05, 0.1) is 0 Å². The number of methoxy groups -OCH3 is 1. The normalized spacial score (nSPS) is 9.13. The van der Waals surface area contributed by atoms with Gasteiger partial charge in [0.15, 0.2) is 0 Å². The number of azide groups is 1. The second-order valence-electron chi connectivity index (χ2n) is 2.72. The predicted molar refractivity (Wildman–Crippen MR) is 55.8 cm³/mol. The number of ether oxygens (including phenoxy) is 1. The number of amides is 1. The van der Waals surface area contributed by atoms with Crippen molar-refractivity contribution in [1.82, 2.24) is 0 Å². The second kappa shape index (κ2) is 5.64. The fourth-order valence-electron chi connectivity index (χ4n) is 0.991. The van der Waals surface area contributed by atoms with Crippen LogP contribution in [0.1, 0.15) is 0 Å². The summed E-state index contributed by atoms with van der Waals surface area (Å²) in [6.07, 6.45) is 0. The highest BCUT2D eigenvalue weighted by Crippen LogP contribution is 2.16. The number of anilines is 1. The molecular weight excluding hydrogens is 196 g/mol. The standard InChI is InChI=1S/C9H10N4O2/c1-15-6-9(14)11-7-2-4-8(5-3-7)12-13-10/h2-5H,6H2,1H3,(H,11,14). The maximum absolute atomic E-state index is 11.1. The highest BCUT2D eigenvalue weighted by molar-refractivity contribution is 5.91. The van der Waals surface area contributed by atoms with Crippen molar-refractivity contribution >= 4 is 17.3 Å². The molecule has 0 atom stereocenters. The average molecular weight is 206 g/mol. The molecule has 0 aromatic heterocycles. The molecule has 1 amide bonds. The van der Waals surface area contributed by atoms with Gasteiger partial charge in [-0.25, -0.2) is 0 Å². The zero-order valence-electron chi connectivity index (χ0n) is 8.17. The van der Waals surface area contributed by atoms with E-state index in [0.29, 0.717) is 11.4 Å². The molecule has 0 radical (unpaired) electrons. The van der Waals surface area contributed by atoms with Crippen LogP contribution >= 0.6 is 0 Å². The first kappa shape index (κ1) is 11.0. The summed E-state index contributed by atoms with van der Waals surface area (Å²) in [5.74, 6) is -0.228. The first-order valence-electron chi connectivity index (χ1n) is 4.20. The molecule has 6 nitrogen and oxygen atoms in total. The molecule has 1 aromatic rings. The molecule has 0 saturated carbocycles. The molecule has 0 saturated heterocycles. The maximum atomic E-state index is 11.1. The smallest absolute Gasteiger partial charge is 0.250 e. The van der Waals surface area contributed by atoms with Crippen molar-refractivity contribution in [3.8, 4) is 0 Å². The fourth-order valence-corrected chi connectivity index (χ4v) is 0.991. The molecule has 15 heavy (non-hydrogen) atoms. The summed E-state index contributed by atoms with van der Waals surface area (Å²) in [4.78, 5) is 13.7. The average Bonchev–Trinajstić information content (AvgIpc) is 2.22. The zero-order valence-corrected chi connectivity index (χ0v) is 8.17. The van der Waals surface area contributed by atoms with Crippen LogP contribution in [0.5, 0.6) is 0 Å². The van der Waals surface area contributed by atoms with Crippen molar-refractivity contribution in [1.29, 1.82) is 0 Å². The van der Waals surface area contributed by atoms with Crippen LogP contribution in [0.3, 0.4) is 0 Å². The highest BCUT2D eigenvalue weighted by atomic mass is 16.5. The number of nitrogens with zero attached hydrogens (tertiary/aromatic N) is 3. The zero-order chi connectivity index (χ0) is 11.1. The molecule has 0 bridgehead atoms. The summed E-state index contributed by atoms with van der Waals surface area (Å²) in [5.41, 5.74) is 9.31. The van der Waals surface area contributed by atoms with E-state index in [9.17, 15) is 4.79 Å². The number of carbonyl (C=O) groups excluding carboxylic acids is 1. The molecule has 1 N–H and O–H groups in total. The van der Waals surface area contributed by atoms with E-state index in [1.165, 1.54) is 7.11 Å². The maximum Gasteiger partial charge on any atom is 0.250 e. The molecular formula is C9H10N4O2. The minimum absolute atomic E-state index is 0.0120. The summed E-state index contributed by atoms with van der Waals surface area (Å²) in [7, 11) is 1.45. The van der Waals surface area contributed by atoms with Gasteiger partial charge in [-0.2, -0.15) is 0 Å². The van der Waals surface area contributed by atoms with Crippen molar-refractivity contribution in [3.63, 3.8) is 0 Å². The van der Waals surface area contributed by atoms with Crippen molar-refractivity contribution in [2.75, 3.05) is 19.0 Å². The number of rotatable bonds is 4. The number of carbonyl (C=O) groups is 1. The molecule has 0 unspecified atom stereocenters. The van der Waals surface area contributed by atoms with Crippen LogP contribution < -0.4 is 5.32 Å². The molecule has 0 aliphatic heterocycles. The topological polar surface area (TPSA) is 87.1 Å². The van der Waals surface area contributed by atoms with E-state index >= 15 is 0 Å². The van der Waals surface area contributed by atoms with Gasteiger partial charge in [-0.3, -0.25) is 4.79 Å². The lowest BCUT2D eigenvalue weighted by Gasteiger charge is -2.03. The van der Waals surface area contributed by atoms with E-state index < -0.39 is 0 Å². The van der Waals surface area contributed by atoms with Crippen molar-refractivity contribution in [3.05, 3.63) is 34.7 Å². The first-order valence-corrected chi connectivity index (χ1v) is 4.20. The van der Waals surface area contributed by atoms with E-state index in [2.05, 4.69) is 20.1 Å². The third-order valence-electron chi connectivity index (χ3n) is 1.59. The van der Waals surface area contributed by atoms with Gasteiger partial charge in [0.25, 0.3) is 0 Å². The Labute approximate surface area is 86.5 Å². The Morgan fingerprint density at radius 2 is 2.20 bits per heavy atom. The Hall–Kier alpha value is -2.04. The van der Waals surface area contributed by atoms with Gasteiger partial charge in [-0.05, 0) is 17.7 Å². The monoisotopic (exact) mass is 206 g/mol. The third-order valence-corrected chi connectivity index (χ3v) is 1.59. The summed E-state index contributed by atoms with van der Waals surface area (Å²) in [5, 5.41) is 6.02. The van der Waals surface area contributed by atoms with Crippen LogP contribution in [0, 0.1) is 0 Å². The molecule has 0 spiro atoms. The van der Waals surface area contributed by atoms with Gasteiger partial charge in [0.1, 0.15) is 6.61 Å². The molecule has 78 valence electrons. The van der Waals surface area contributed by atoms with E-state index in [0.717, 1.165) is 0 Å². The van der Waals surface area contributed by atoms with Gasteiger partial charge < -0.3 is 10.1 Å². The van der Waals surface area contributed by atoms with Gasteiger partial charge in [0.2, 0.25) is 5.91 Å². The largest absolute Gasteiger partial charge is 0.375 e. The number of hydrogen-bond donors (Lipinski definition) is 1. The van der Waals surface area contributed by atoms with Crippen molar-refractivity contribution < 1.29 is 9.53 Å². The van der Waals surface area contributed by atoms with Crippen LogP contribution in [-0.4, -0.2) is 19.6 Å². The molecule has 0 fully saturated rings. The molecule has 1 rings (SSSR count). The first-order chi connectivity index (χ1) is 7.26. The second-order valence-corrected chi connectivity index (χ2v) is 2.72. The number of hydrogen-bond acceptors (Lipinski definition) is 3. The minimum atomic E-state index is -0.228. The minimum Gasteiger partial charge on any atom is -0.375 e. The van der Waals surface area contributed by atoms with Crippen LogP contribution in [0.15, 0.2) is 29.4 Å². The van der Waals surface area contributed by atoms with Crippen LogP contribution in [0.2, 0.25) is 0 Å². The summed E-state index contributed by atoms with van der Waals surface area (Å²) >= 11 is 0. The highest BCUT2D eigenvalue weighted by Gasteiger charge is 2.00. The molecule has 1 aromatic carbocycles. The summed E-state index contributed by atoms with van der Waals surface area (Å²) in [6, 6.07) is 6.53. The van der Waals surface area contributed by atoms with Gasteiger partial charge in [-0.15, -0.1) is 0 Å². The van der Waals surface area contributed by atoms with Crippen molar-refractivity contribution in [2.45, 2.75) is 0 Å². The van der Waals surface area contributed by atoms with Gasteiger partial charge in [0, 0.05) is 23.4 Å². The number of nitrogens with one attached hydrogen (secondary N) is 1. The lowest BCUT2D eigenvalue weighted by molar-refractivity contribution is -0.119. The van der Waals surface area contributed by atoms with Crippen LogP contribution in [0.25, 0.3) is 10.4 Å². The molecule has 0 aliphatic carbocycles. The predicted octanol–water partition coefficient (Wildman–Crippen LogP) is 2.21. The van der Waals surface area contributed by atoms with Gasteiger partial charge in [-0.1, -0.05) is 17.2 Å². The van der Waals surface area contributed by atoms with E-state index in [-0.39, 0.29) is 12.5 Å². The molecule has 0 aliphatic rings. The van der Waals surface area contributed by atoms with E-state index in [1.54, 1.807) is 24.3 Å². The Bertz CT molecular complexity index is 382. The molecule has 0 heterocycles. The summed E-state index contributed by atoms with van der Waals surface area (Å²) < 4.78 is 4.66. The quantitative estimate of drug-likeness (QED) is 0.465. The lowest BCUT2D eigenvalue weighted by atomic mass is 10.3. The van der Waals surface area contributed by atoms with Crippen LogP contribution in [-0.2, 0) is 9.53 Å². The van der Waals surface area contributed by atoms with Crippen LogP contribution in [0.4, 0.5) is 11.4 Å². The van der Waals surface area contributed by atoms with E-state index in [4.69, 9.17) is 5.53 Å². The SMILES string of the molecule is COCC(=O)Nc1ccc(N=[N+]=[N-])cc1. The Morgan fingerprint density at radius 1 is 1.53 bits per heavy atom.